The van der Waals surface area contributed by atoms with Crippen molar-refractivity contribution in [1.82, 2.24) is 4.90 Å². The molecule has 0 bridgehead atoms. The van der Waals surface area contributed by atoms with Gasteiger partial charge in [-0.3, -0.25) is 9.59 Å². The molecule has 19 heavy (non-hydrogen) atoms. The first-order chi connectivity index (χ1) is 9.16. The largest absolute Gasteiger partial charge is 0.356 e. The zero-order valence-electron chi connectivity index (χ0n) is 10.8. The van der Waals surface area contributed by atoms with Gasteiger partial charge in [0.05, 0.1) is 17.3 Å². The van der Waals surface area contributed by atoms with Crippen LogP contribution < -0.4 is 5.32 Å². The number of carbonyl (C=O) groups is 2. The molecule has 1 N–H and O–H groups in total. The third-order valence-electron chi connectivity index (χ3n) is 3.67. The first-order valence-electron chi connectivity index (χ1n) is 6.56. The average Bonchev–Trinajstić information content (AvgIpc) is 2.83. The van der Waals surface area contributed by atoms with Crippen LogP contribution >= 0.6 is 0 Å². The summed E-state index contributed by atoms with van der Waals surface area (Å²) >= 11 is 0. The van der Waals surface area contributed by atoms with E-state index in [0.29, 0.717) is 5.56 Å². The Balaban J connectivity index is 2.11. The van der Waals surface area contributed by atoms with Crippen LogP contribution in [0.1, 0.15) is 30.1 Å². The summed E-state index contributed by atoms with van der Waals surface area (Å²) in [5, 5.41) is 3.27. The molecule has 1 amide bonds. The predicted molar refractivity (Wildman–Crippen MR) is 72.9 cm³/mol. The van der Waals surface area contributed by atoms with Crippen LogP contribution in [0.5, 0.6) is 0 Å². The van der Waals surface area contributed by atoms with E-state index in [1.165, 1.54) is 6.92 Å². The molecule has 1 aromatic rings. The Labute approximate surface area is 112 Å². The summed E-state index contributed by atoms with van der Waals surface area (Å²) < 4.78 is 0. The average molecular weight is 256 g/mol. The standard InChI is InChI=1S/C15H16N2O2/c1-10(18)9-13-14-7-4-8-17(14)15(19)11-5-2-3-6-12(11)16-13/h2-3,5-6,9,14,16H,4,7-8H2,1H3. The number of allylic oxidation sites excluding steroid dienone is 1. The van der Waals surface area contributed by atoms with Gasteiger partial charge >= 0.3 is 0 Å². The molecule has 4 nitrogen and oxygen atoms in total. The SMILES string of the molecule is CC(=O)C=C1Nc2ccccc2C(=O)N2CCCC12. The van der Waals surface area contributed by atoms with E-state index in [-0.39, 0.29) is 17.7 Å². The Morgan fingerprint density at radius 2 is 2.21 bits per heavy atom. The molecule has 0 spiro atoms. The monoisotopic (exact) mass is 256 g/mol. The molecule has 1 atom stereocenters. The van der Waals surface area contributed by atoms with E-state index in [1.807, 2.05) is 29.2 Å². The van der Waals surface area contributed by atoms with Crippen LogP contribution in [-0.2, 0) is 4.79 Å². The molecule has 2 heterocycles. The second-order valence-corrected chi connectivity index (χ2v) is 5.04. The molecule has 0 radical (unpaired) electrons. The van der Waals surface area contributed by atoms with Gasteiger partial charge < -0.3 is 10.2 Å². The lowest BCUT2D eigenvalue weighted by Crippen LogP contribution is -2.36. The zero-order chi connectivity index (χ0) is 13.4. The van der Waals surface area contributed by atoms with Gasteiger partial charge in [-0.25, -0.2) is 0 Å². The molecular weight excluding hydrogens is 240 g/mol. The van der Waals surface area contributed by atoms with E-state index >= 15 is 0 Å². The third kappa shape index (κ3) is 2.03. The highest BCUT2D eigenvalue weighted by Crippen LogP contribution is 2.32. The lowest BCUT2D eigenvalue weighted by Gasteiger charge is -2.23. The maximum Gasteiger partial charge on any atom is 0.256 e. The smallest absolute Gasteiger partial charge is 0.256 e. The number of hydrogen-bond donors (Lipinski definition) is 1. The second kappa shape index (κ2) is 4.53. The molecule has 1 aromatic carbocycles. The summed E-state index contributed by atoms with van der Waals surface area (Å²) in [5.74, 6) is 0.0544. The van der Waals surface area contributed by atoms with Gasteiger partial charge in [0.2, 0.25) is 0 Å². The Morgan fingerprint density at radius 1 is 1.42 bits per heavy atom. The van der Waals surface area contributed by atoms with Crippen LogP contribution in [0.15, 0.2) is 36.0 Å². The minimum Gasteiger partial charge on any atom is -0.356 e. The molecule has 2 aliphatic heterocycles. The molecule has 3 rings (SSSR count). The number of para-hydroxylation sites is 1. The number of rotatable bonds is 1. The van der Waals surface area contributed by atoms with Gasteiger partial charge in [-0.15, -0.1) is 0 Å². The third-order valence-corrected chi connectivity index (χ3v) is 3.67. The molecule has 4 heteroatoms. The number of fused-ring (bicyclic) bond motifs is 2. The molecule has 1 saturated heterocycles. The summed E-state index contributed by atoms with van der Waals surface area (Å²) in [7, 11) is 0. The van der Waals surface area contributed by atoms with Crippen molar-refractivity contribution in [3.63, 3.8) is 0 Å². The van der Waals surface area contributed by atoms with E-state index in [4.69, 9.17) is 0 Å². The number of hydrogen-bond acceptors (Lipinski definition) is 3. The van der Waals surface area contributed by atoms with Gasteiger partial charge in [0.1, 0.15) is 0 Å². The van der Waals surface area contributed by atoms with Crippen molar-refractivity contribution in [3.8, 4) is 0 Å². The summed E-state index contributed by atoms with van der Waals surface area (Å²) in [6.45, 7) is 2.29. The van der Waals surface area contributed by atoms with E-state index in [0.717, 1.165) is 30.8 Å². The number of ketones is 1. The minimum atomic E-state index is 0.00109. The normalized spacial score (nSPS) is 23.6. The van der Waals surface area contributed by atoms with Gasteiger partial charge in [-0.2, -0.15) is 0 Å². The quantitative estimate of drug-likeness (QED) is 0.784. The summed E-state index contributed by atoms with van der Waals surface area (Å²) in [4.78, 5) is 25.8. The van der Waals surface area contributed by atoms with Crippen LogP contribution in [0.4, 0.5) is 5.69 Å². The first-order valence-corrected chi connectivity index (χ1v) is 6.56. The number of carbonyl (C=O) groups excluding carboxylic acids is 2. The van der Waals surface area contributed by atoms with Crippen molar-refractivity contribution in [1.29, 1.82) is 0 Å². The maximum absolute atomic E-state index is 12.5. The molecule has 0 aliphatic carbocycles. The van der Waals surface area contributed by atoms with Crippen molar-refractivity contribution in [2.24, 2.45) is 0 Å². The van der Waals surface area contributed by atoms with Crippen LogP contribution in [0, 0.1) is 0 Å². The molecule has 1 unspecified atom stereocenters. The minimum absolute atomic E-state index is 0.00109. The molecular formula is C15H16N2O2. The zero-order valence-corrected chi connectivity index (χ0v) is 10.8. The maximum atomic E-state index is 12.5. The fraction of sp³-hybridized carbons (Fsp3) is 0.333. The number of nitrogens with one attached hydrogen (secondary N) is 1. The molecule has 1 fully saturated rings. The van der Waals surface area contributed by atoms with E-state index < -0.39 is 0 Å². The van der Waals surface area contributed by atoms with Crippen molar-refractivity contribution < 1.29 is 9.59 Å². The van der Waals surface area contributed by atoms with Gasteiger partial charge in [-0.1, -0.05) is 12.1 Å². The Hall–Kier alpha value is -2.10. The number of benzene rings is 1. The van der Waals surface area contributed by atoms with Gasteiger partial charge in [0.15, 0.2) is 5.78 Å². The Kier molecular flexibility index (Phi) is 2.85. The van der Waals surface area contributed by atoms with Crippen LogP contribution in [0.25, 0.3) is 0 Å². The highest BCUT2D eigenvalue weighted by molar-refractivity contribution is 6.02. The first kappa shape index (κ1) is 12.0. The summed E-state index contributed by atoms with van der Waals surface area (Å²) in [5.41, 5.74) is 2.30. The van der Waals surface area contributed by atoms with Gasteiger partial charge in [-0.05, 0) is 31.9 Å². The van der Waals surface area contributed by atoms with E-state index in [9.17, 15) is 9.59 Å². The molecule has 2 aliphatic rings. The lowest BCUT2D eigenvalue weighted by molar-refractivity contribution is -0.112. The lowest BCUT2D eigenvalue weighted by atomic mass is 10.1. The molecule has 98 valence electrons. The second-order valence-electron chi connectivity index (χ2n) is 5.04. The molecule has 0 saturated carbocycles. The van der Waals surface area contributed by atoms with Gasteiger partial charge in [0.25, 0.3) is 5.91 Å². The highest BCUT2D eigenvalue weighted by Gasteiger charge is 2.35. The Morgan fingerprint density at radius 3 is 3.00 bits per heavy atom. The number of amides is 1. The summed E-state index contributed by atoms with van der Waals surface area (Å²) in [6, 6.07) is 7.47. The molecule has 0 aromatic heterocycles. The van der Waals surface area contributed by atoms with Crippen molar-refractivity contribution in [3.05, 3.63) is 41.6 Å². The van der Waals surface area contributed by atoms with E-state index in [1.54, 1.807) is 6.08 Å². The van der Waals surface area contributed by atoms with Crippen LogP contribution in [0.2, 0.25) is 0 Å². The fourth-order valence-electron chi connectivity index (χ4n) is 2.86. The van der Waals surface area contributed by atoms with Crippen molar-refractivity contribution in [2.75, 3.05) is 11.9 Å². The van der Waals surface area contributed by atoms with Crippen molar-refractivity contribution >= 4 is 17.4 Å². The summed E-state index contributed by atoms with van der Waals surface area (Å²) in [6.07, 6.45) is 3.50. The number of anilines is 1. The van der Waals surface area contributed by atoms with Crippen LogP contribution in [-0.4, -0.2) is 29.2 Å². The number of nitrogens with zero attached hydrogens (tertiary/aromatic N) is 1. The predicted octanol–water partition coefficient (Wildman–Crippen LogP) is 2.19. The van der Waals surface area contributed by atoms with Crippen molar-refractivity contribution in [2.45, 2.75) is 25.8 Å². The fourth-order valence-corrected chi connectivity index (χ4v) is 2.86. The van der Waals surface area contributed by atoms with Gasteiger partial charge in [0, 0.05) is 18.3 Å². The highest BCUT2D eigenvalue weighted by atomic mass is 16.2. The topological polar surface area (TPSA) is 49.4 Å². The van der Waals surface area contributed by atoms with E-state index in [2.05, 4.69) is 5.32 Å². The Bertz CT molecular complexity index is 577. The van der Waals surface area contributed by atoms with Crippen LogP contribution in [0.3, 0.4) is 0 Å².